The van der Waals surface area contributed by atoms with Gasteiger partial charge in [0.1, 0.15) is 11.6 Å². The lowest BCUT2D eigenvalue weighted by Crippen LogP contribution is -2.35. The Balaban J connectivity index is 2.20. The molecule has 1 aromatic rings. The van der Waals surface area contributed by atoms with Crippen molar-refractivity contribution in [2.45, 2.75) is 51.0 Å². The molecular weight excluding hydrogens is 282 g/mol. The summed E-state index contributed by atoms with van der Waals surface area (Å²) >= 11 is 0. The lowest BCUT2D eigenvalue weighted by molar-refractivity contribution is -0.0498. The van der Waals surface area contributed by atoms with Crippen LogP contribution in [0.15, 0.2) is 18.2 Å². The zero-order valence-electron chi connectivity index (χ0n) is 12.1. The van der Waals surface area contributed by atoms with Gasteiger partial charge in [-0.2, -0.15) is 0 Å². The van der Waals surface area contributed by atoms with Gasteiger partial charge >= 0.3 is 0 Å². The van der Waals surface area contributed by atoms with Crippen molar-refractivity contribution in [1.82, 2.24) is 5.32 Å². The highest BCUT2D eigenvalue weighted by Gasteiger charge is 2.38. The van der Waals surface area contributed by atoms with E-state index >= 15 is 0 Å². The highest BCUT2D eigenvalue weighted by molar-refractivity contribution is 5.23. The molecule has 1 fully saturated rings. The average molecular weight is 303 g/mol. The highest BCUT2D eigenvalue weighted by Crippen LogP contribution is 2.41. The zero-order chi connectivity index (χ0) is 15.5. The van der Waals surface area contributed by atoms with Crippen LogP contribution in [-0.4, -0.2) is 12.5 Å². The third-order valence-electron chi connectivity index (χ3n) is 4.14. The Morgan fingerprint density at radius 3 is 2.52 bits per heavy atom. The fraction of sp³-hybridized carbons (Fsp3) is 0.625. The van der Waals surface area contributed by atoms with Gasteiger partial charge in [-0.25, -0.2) is 17.6 Å². The summed E-state index contributed by atoms with van der Waals surface area (Å²) in [6.45, 7) is 2.62. The highest BCUT2D eigenvalue weighted by atomic mass is 19.3. The van der Waals surface area contributed by atoms with Crippen molar-refractivity contribution in [3.63, 3.8) is 0 Å². The van der Waals surface area contributed by atoms with E-state index in [0.717, 1.165) is 18.6 Å². The molecule has 1 atom stereocenters. The van der Waals surface area contributed by atoms with Crippen LogP contribution < -0.4 is 5.32 Å². The van der Waals surface area contributed by atoms with Crippen molar-refractivity contribution in [2.75, 3.05) is 6.54 Å². The van der Waals surface area contributed by atoms with E-state index in [1.807, 2.05) is 6.92 Å². The predicted molar refractivity (Wildman–Crippen MR) is 74.3 cm³/mol. The lowest BCUT2D eigenvalue weighted by Gasteiger charge is -2.34. The van der Waals surface area contributed by atoms with E-state index in [2.05, 4.69) is 5.32 Å². The summed E-state index contributed by atoms with van der Waals surface area (Å²) in [4.78, 5) is 0. The molecule has 0 heterocycles. The van der Waals surface area contributed by atoms with Gasteiger partial charge in [-0.1, -0.05) is 6.92 Å². The molecule has 0 radical (unpaired) electrons. The maximum atomic E-state index is 14.0. The molecule has 21 heavy (non-hydrogen) atoms. The van der Waals surface area contributed by atoms with Crippen LogP contribution in [-0.2, 0) is 0 Å². The normalized spacial score (nSPS) is 20.4. The first-order valence-electron chi connectivity index (χ1n) is 7.49. The second-order valence-corrected chi connectivity index (χ2v) is 5.79. The van der Waals surface area contributed by atoms with E-state index in [1.54, 1.807) is 0 Å². The summed E-state index contributed by atoms with van der Waals surface area (Å²) in [6.07, 6.45) is 1.13. The first-order chi connectivity index (χ1) is 9.93. The molecule has 118 valence electrons. The Bertz CT molecular complexity index is 465. The molecule has 0 saturated heterocycles. The smallest absolute Gasteiger partial charge is 0.248 e. The predicted octanol–water partition coefficient (Wildman–Crippen LogP) is 4.83. The topological polar surface area (TPSA) is 12.0 Å². The lowest BCUT2D eigenvalue weighted by atomic mass is 9.79. The monoisotopic (exact) mass is 303 g/mol. The molecule has 0 aliphatic heterocycles. The van der Waals surface area contributed by atoms with Gasteiger partial charge < -0.3 is 5.32 Å². The minimum absolute atomic E-state index is 0.0903. The van der Waals surface area contributed by atoms with Crippen LogP contribution in [0.2, 0.25) is 0 Å². The first kappa shape index (κ1) is 16.3. The van der Waals surface area contributed by atoms with Crippen molar-refractivity contribution in [3.8, 4) is 0 Å². The molecule has 1 unspecified atom stereocenters. The van der Waals surface area contributed by atoms with Gasteiger partial charge in [0.05, 0.1) is 0 Å². The number of hydrogen-bond acceptors (Lipinski definition) is 1. The Hall–Kier alpha value is -1.10. The van der Waals surface area contributed by atoms with Crippen molar-refractivity contribution >= 4 is 0 Å². The molecule has 0 amide bonds. The van der Waals surface area contributed by atoms with Gasteiger partial charge in [0.15, 0.2) is 0 Å². The molecule has 1 aromatic carbocycles. The molecule has 0 spiro atoms. The first-order valence-corrected chi connectivity index (χ1v) is 7.49. The minimum Gasteiger partial charge on any atom is -0.310 e. The van der Waals surface area contributed by atoms with E-state index in [4.69, 9.17) is 0 Å². The molecule has 5 heteroatoms. The quantitative estimate of drug-likeness (QED) is 0.768. The van der Waals surface area contributed by atoms with Gasteiger partial charge in [-0.3, -0.25) is 0 Å². The Labute approximate surface area is 122 Å². The number of benzene rings is 1. The summed E-state index contributed by atoms with van der Waals surface area (Å²) in [5.74, 6) is -3.70. The maximum Gasteiger partial charge on any atom is 0.248 e. The summed E-state index contributed by atoms with van der Waals surface area (Å²) in [6, 6.07) is 2.94. The molecule has 1 aliphatic rings. The Morgan fingerprint density at radius 1 is 1.24 bits per heavy atom. The van der Waals surface area contributed by atoms with Crippen LogP contribution in [0.3, 0.4) is 0 Å². The number of hydrogen-bond donors (Lipinski definition) is 1. The molecule has 2 rings (SSSR count). The fourth-order valence-corrected chi connectivity index (χ4v) is 2.98. The third-order valence-corrected chi connectivity index (χ3v) is 4.14. The summed E-state index contributed by atoms with van der Waals surface area (Å²) in [5.41, 5.74) is 0.249. The van der Waals surface area contributed by atoms with Gasteiger partial charge in [-0.15, -0.1) is 0 Å². The van der Waals surface area contributed by atoms with Crippen molar-refractivity contribution in [1.29, 1.82) is 0 Å². The molecule has 0 aromatic heterocycles. The van der Waals surface area contributed by atoms with E-state index < -0.39 is 23.6 Å². The second-order valence-electron chi connectivity index (χ2n) is 5.79. The molecule has 0 bridgehead atoms. The standard InChI is InChI=1S/C16H21F4N/c1-2-9-21-15(11-5-7-16(19,20)8-6-11)13-10-12(17)3-4-14(13)18/h3-4,10-11,15,21H,2,5-9H2,1H3. The summed E-state index contributed by atoms with van der Waals surface area (Å²) in [5, 5.41) is 3.20. The van der Waals surface area contributed by atoms with Crippen LogP contribution >= 0.6 is 0 Å². The molecule has 1 nitrogen and oxygen atoms in total. The third kappa shape index (κ3) is 4.19. The van der Waals surface area contributed by atoms with Gasteiger partial charge in [0.2, 0.25) is 5.92 Å². The van der Waals surface area contributed by atoms with Crippen LogP contribution in [0.25, 0.3) is 0 Å². The van der Waals surface area contributed by atoms with Crippen LogP contribution in [0.1, 0.15) is 50.6 Å². The second kappa shape index (κ2) is 6.77. The molecule has 1 N–H and O–H groups in total. The van der Waals surface area contributed by atoms with E-state index in [-0.39, 0.29) is 24.3 Å². The van der Waals surface area contributed by atoms with E-state index in [9.17, 15) is 17.6 Å². The Morgan fingerprint density at radius 2 is 1.90 bits per heavy atom. The van der Waals surface area contributed by atoms with Crippen LogP contribution in [0.4, 0.5) is 17.6 Å². The summed E-state index contributed by atoms with van der Waals surface area (Å²) in [7, 11) is 0. The van der Waals surface area contributed by atoms with Crippen LogP contribution in [0, 0.1) is 17.6 Å². The Kier molecular flexibility index (Phi) is 5.25. The van der Waals surface area contributed by atoms with Crippen molar-refractivity contribution in [3.05, 3.63) is 35.4 Å². The molecule has 1 aliphatic carbocycles. The number of nitrogens with one attached hydrogen (secondary N) is 1. The van der Waals surface area contributed by atoms with Crippen molar-refractivity contribution in [2.24, 2.45) is 5.92 Å². The minimum atomic E-state index is -2.62. The van der Waals surface area contributed by atoms with Gasteiger partial charge in [0.25, 0.3) is 0 Å². The summed E-state index contributed by atoms with van der Waals surface area (Å²) < 4.78 is 54.0. The fourth-order valence-electron chi connectivity index (χ4n) is 2.98. The van der Waals surface area contributed by atoms with E-state index in [1.165, 1.54) is 6.07 Å². The number of alkyl halides is 2. The SMILES string of the molecule is CCCNC(c1cc(F)ccc1F)C1CCC(F)(F)CC1. The largest absolute Gasteiger partial charge is 0.310 e. The van der Waals surface area contributed by atoms with Gasteiger partial charge in [0, 0.05) is 24.4 Å². The van der Waals surface area contributed by atoms with Gasteiger partial charge in [-0.05, 0) is 49.9 Å². The van der Waals surface area contributed by atoms with E-state index in [0.29, 0.717) is 19.4 Å². The number of rotatable bonds is 5. The van der Waals surface area contributed by atoms with Crippen molar-refractivity contribution < 1.29 is 17.6 Å². The maximum absolute atomic E-state index is 14.0. The molecule has 1 saturated carbocycles. The number of halogens is 4. The zero-order valence-corrected chi connectivity index (χ0v) is 12.1. The molecular formula is C16H21F4N. The van der Waals surface area contributed by atoms with Crippen LogP contribution in [0.5, 0.6) is 0 Å². The average Bonchev–Trinajstić information content (AvgIpc) is 2.44.